The van der Waals surface area contributed by atoms with Crippen molar-refractivity contribution in [2.45, 2.75) is 258 Å². The maximum atomic E-state index is 11.9. The minimum atomic E-state index is -0.148. The molecule has 478 valence electrons. The summed E-state index contributed by atoms with van der Waals surface area (Å²) in [5, 5.41) is 19.6. The number of aryl methyl sites for hydroxylation is 2. The highest BCUT2D eigenvalue weighted by Crippen LogP contribution is 2.70. The van der Waals surface area contributed by atoms with Gasteiger partial charge in [-0.3, -0.25) is 19.6 Å². The summed E-state index contributed by atoms with van der Waals surface area (Å²) in [4.78, 5) is 32.6. The molecular weight excluding hydrogens is 1060 g/mol. The maximum absolute atomic E-state index is 11.9. The minimum Gasteiger partial charge on any atom is -0.469 e. The van der Waals surface area contributed by atoms with Gasteiger partial charge in [-0.1, -0.05) is 79.4 Å². The van der Waals surface area contributed by atoms with Gasteiger partial charge in [0.15, 0.2) is 0 Å². The molecule has 0 radical (unpaired) electrons. The van der Waals surface area contributed by atoms with Crippen molar-refractivity contribution in [3.8, 4) is 0 Å². The van der Waals surface area contributed by atoms with Gasteiger partial charge in [0, 0.05) is 55.8 Å². The van der Waals surface area contributed by atoms with Gasteiger partial charge in [-0.05, 0) is 284 Å². The summed E-state index contributed by atoms with van der Waals surface area (Å²) >= 11 is 0. The zero-order valence-electron chi connectivity index (χ0n) is 55.0. The number of rotatable bonds is 27. The third-order valence-electron chi connectivity index (χ3n) is 26.4. The third kappa shape index (κ3) is 15.4. The Bertz CT molecular complexity index is 2340. The summed E-state index contributed by atoms with van der Waals surface area (Å²) in [6.45, 7) is 17.8. The molecule has 0 aromatic carbocycles. The van der Waals surface area contributed by atoms with Gasteiger partial charge in [-0.15, -0.1) is 0 Å². The zero-order chi connectivity index (χ0) is 60.2. The summed E-state index contributed by atoms with van der Waals surface area (Å²) < 4.78 is 22.0. The van der Waals surface area contributed by atoms with Crippen LogP contribution in [0, 0.1) is 92.7 Å². The van der Waals surface area contributed by atoms with E-state index in [9.17, 15) is 14.7 Å². The molecule has 85 heavy (non-hydrogen) atoms. The van der Waals surface area contributed by atoms with Gasteiger partial charge in [0.2, 0.25) is 0 Å². The molecule has 0 unspecified atom stereocenters. The van der Waals surface area contributed by atoms with E-state index in [1.807, 2.05) is 24.5 Å². The number of carbonyl (C=O) groups excluding carboxylic acids is 2. The van der Waals surface area contributed by atoms with Crippen LogP contribution in [0.25, 0.3) is 0 Å². The van der Waals surface area contributed by atoms with E-state index in [0.717, 1.165) is 57.0 Å². The molecule has 2 aromatic rings. The average Bonchev–Trinajstić information content (AvgIpc) is 1.83. The molecule has 2 aromatic heterocycles. The number of aromatic nitrogens is 2. The van der Waals surface area contributed by atoms with E-state index in [1.54, 1.807) is 7.11 Å². The molecule has 0 amide bonds. The number of aliphatic hydroxyl groups excluding tert-OH is 1. The van der Waals surface area contributed by atoms with E-state index < -0.39 is 0 Å². The first-order chi connectivity index (χ1) is 41.1. The first-order valence-corrected chi connectivity index (χ1v) is 35.2. The van der Waals surface area contributed by atoms with E-state index >= 15 is 0 Å². The summed E-state index contributed by atoms with van der Waals surface area (Å²) in [6.07, 6.45) is 39.6. The smallest absolute Gasteiger partial charge is 0.305 e. The maximum Gasteiger partial charge on any atom is 0.305 e. The van der Waals surface area contributed by atoms with Crippen molar-refractivity contribution in [1.82, 2.24) is 20.6 Å². The highest BCUT2D eigenvalue weighted by atomic mass is 16.7. The van der Waals surface area contributed by atoms with Crippen LogP contribution in [0.15, 0.2) is 48.8 Å². The van der Waals surface area contributed by atoms with Gasteiger partial charge in [-0.25, -0.2) is 0 Å². The van der Waals surface area contributed by atoms with Crippen molar-refractivity contribution >= 4 is 11.9 Å². The van der Waals surface area contributed by atoms with Crippen molar-refractivity contribution in [1.29, 1.82) is 0 Å². The van der Waals surface area contributed by atoms with Gasteiger partial charge in [-0.2, -0.15) is 0 Å². The number of carbonyl (C=O) groups is 2. The Balaban J connectivity index is 0.000000204. The Kier molecular flexibility index (Phi) is 24.0. The molecule has 0 bridgehead atoms. The molecule has 10 rings (SSSR count). The first-order valence-electron chi connectivity index (χ1n) is 35.2. The number of hydrogen-bond acceptors (Lipinski definition) is 11. The van der Waals surface area contributed by atoms with Gasteiger partial charge in [0.05, 0.1) is 26.4 Å². The lowest BCUT2D eigenvalue weighted by Crippen LogP contribution is -2.60. The molecule has 11 heteroatoms. The molecule has 8 fully saturated rings. The molecular formula is C74H120N4O7. The molecule has 20 atom stereocenters. The van der Waals surface area contributed by atoms with Crippen molar-refractivity contribution in [3.63, 3.8) is 0 Å². The molecule has 0 spiro atoms. The second-order valence-electron chi connectivity index (χ2n) is 30.6. The molecule has 8 aliphatic carbocycles. The second-order valence-corrected chi connectivity index (χ2v) is 30.6. The molecule has 3 N–H and O–H groups in total. The predicted molar refractivity (Wildman–Crippen MR) is 341 cm³/mol. The molecule has 0 saturated heterocycles. The fourth-order valence-electron chi connectivity index (χ4n) is 21.6. The van der Waals surface area contributed by atoms with Gasteiger partial charge >= 0.3 is 11.9 Å². The van der Waals surface area contributed by atoms with Crippen LogP contribution < -0.4 is 10.6 Å². The molecule has 8 saturated carbocycles. The average molecular weight is 1180 g/mol. The van der Waals surface area contributed by atoms with Crippen molar-refractivity contribution < 1.29 is 33.6 Å². The van der Waals surface area contributed by atoms with E-state index in [-0.39, 0.29) is 18.0 Å². The number of pyridine rings is 2. The number of ether oxygens (including phenoxy) is 4. The molecule has 2 heterocycles. The monoisotopic (exact) mass is 1180 g/mol. The Hall–Kier alpha value is -2.96. The SMILES string of the molecule is COC(=O)CC[C@@H](C)[C@H]1CC[C@H]2[C@@H]3[C@H](O)C[C@H]4C[C@@H](NCCCCCCc5ccccn5)CC[C@]4(C)[C@H]3CC[C@]12C.COCO[C@@H]1C[C@H]2C[C@@H](NCCCCCCc3ccccn3)CC[C@]2(C)[C@H]2CC[C@]3(C)[C@@H]([C@H](C)CCC(=O)OC)CC[C@H]3[C@H]12. The Labute approximate surface area is 516 Å². The van der Waals surface area contributed by atoms with Gasteiger partial charge in [0.25, 0.3) is 0 Å². The normalized spacial score (nSPS) is 38.0. The number of unbranched alkanes of at least 4 members (excludes halogenated alkanes) is 6. The number of aliphatic hydroxyl groups is 1. The van der Waals surface area contributed by atoms with Crippen LogP contribution in [-0.2, 0) is 41.4 Å². The van der Waals surface area contributed by atoms with Crippen molar-refractivity contribution in [2.75, 3.05) is 41.2 Å². The Morgan fingerprint density at radius 2 is 1.00 bits per heavy atom. The van der Waals surface area contributed by atoms with E-state index in [4.69, 9.17) is 18.9 Å². The second kappa shape index (κ2) is 30.7. The highest BCUT2D eigenvalue weighted by molar-refractivity contribution is 5.69. The van der Waals surface area contributed by atoms with Crippen molar-refractivity contribution in [3.05, 3.63) is 60.2 Å². The van der Waals surface area contributed by atoms with Gasteiger partial charge < -0.3 is 34.7 Å². The largest absolute Gasteiger partial charge is 0.469 e. The minimum absolute atomic E-state index is 0.0683. The van der Waals surface area contributed by atoms with Crippen LogP contribution in [-0.4, -0.2) is 92.5 Å². The van der Waals surface area contributed by atoms with E-state index in [1.165, 1.54) is 173 Å². The molecule has 8 aliphatic rings. The Morgan fingerprint density at radius 3 is 1.47 bits per heavy atom. The highest BCUT2D eigenvalue weighted by Gasteiger charge is 2.65. The van der Waals surface area contributed by atoms with Crippen LogP contribution in [0.3, 0.4) is 0 Å². The number of fused-ring (bicyclic) bond motifs is 10. The van der Waals surface area contributed by atoms with Crippen LogP contribution in [0.2, 0.25) is 0 Å². The molecule has 11 nitrogen and oxygen atoms in total. The number of methoxy groups -OCH3 is 3. The fraction of sp³-hybridized carbons (Fsp3) is 0.838. The summed E-state index contributed by atoms with van der Waals surface area (Å²) in [7, 11) is 4.77. The van der Waals surface area contributed by atoms with Crippen LogP contribution in [0.4, 0.5) is 0 Å². The first kappa shape index (κ1) is 66.5. The standard InChI is InChI=1S/C38H62N2O4.C36H58N2O3/c1-27(14-17-35(41)43-5)31-15-16-32-36-33(19-21-38(31,32)3)37(2)20-18-30(24-28(37)25-34(36)44-26-42-4)40-22-10-7-6-8-12-29-13-9-11-23-39-29;1-25(13-16-33(40)41-4)29-14-15-30-34-31(18-20-36(29,30)3)35(2)19-17-28(23-26(35)24-32(34)39)38-21-9-6-5-7-11-27-12-8-10-22-37-27/h9,11,13,23,27-28,30-34,36,40H,6-8,10,12,14-22,24-26H2,1-5H3;8,10,12,22,25-26,28-32,34,38-39H,5-7,9,11,13-21,23-24H2,1-4H3/t27-,28-,30+,31-,32+,33+,34-,36+,37+,38-;25-,26-,28+,29-,30+,31+,32-,34+,35+,36-/m11/s1. The van der Waals surface area contributed by atoms with Crippen molar-refractivity contribution in [2.24, 2.45) is 92.7 Å². The number of nitrogens with one attached hydrogen (secondary N) is 2. The van der Waals surface area contributed by atoms with Gasteiger partial charge in [0.1, 0.15) is 6.79 Å². The third-order valence-corrected chi connectivity index (χ3v) is 26.4. The van der Waals surface area contributed by atoms with Crippen LogP contribution in [0.5, 0.6) is 0 Å². The van der Waals surface area contributed by atoms with Crippen LogP contribution >= 0.6 is 0 Å². The summed E-state index contributed by atoms with van der Waals surface area (Å²) in [5.74, 6) is 7.47. The molecule has 0 aliphatic heterocycles. The predicted octanol–water partition coefficient (Wildman–Crippen LogP) is 15.4. The lowest BCUT2D eigenvalue weighted by atomic mass is 9.43. The number of hydrogen-bond donors (Lipinski definition) is 3. The topological polar surface area (TPSA) is 141 Å². The Morgan fingerprint density at radius 1 is 0.553 bits per heavy atom. The van der Waals surface area contributed by atoms with Crippen LogP contribution in [0.1, 0.15) is 233 Å². The fourth-order valence-corrected chi connectivity index (χ4v) is 21.6. The quantitative estimate of drug-likeness (QED) is 0.0447. The zero-order valence-corrected chi connectivity index (χ0v) is 55.0. The van der Waals surface area contributed by atoms with E-state index in [2.05, 4.69) is 86.4 Å². The lowest BCUT2D eigenvalue weighted by molar-refractivity contribution is -0.203. The number of esters is 2. The summed E-state index contributed by atoms with van der Waals surface area (Å²) in [5.41, 5.74) is 3.87. The lowest BCUT2D eigenvalue weighted by Gasteiger charge is -2.63. The summed E-state index contributed by atoms with van der Waals surface area (Å²) in [6, 6.07) is 13.7. The van der Waals surface area contributed by atoms with E-state index in [0.29, 0.717) is 119 Å². The number of nitrogens with zero attached hydrogens (tertiary/aromatic N) is 2.